The molecule has 2 aromatic heterocycles. The lowest BCUT2D eigenvalue weighted by atomic mass is 9.83. The minimum atomic E-state index is 0.0926. The van der Waals surface area contributed by atoms with Gasteiger partial charge in [-0.1, -0.05) is 25.3 Å². The number of carbonyl (C=O) groups excluding carboxylic acids is 2. The largest absolute Gasteiger partial charge is 0.489 e. The number of likely N-dealkylation sites (tertiary alicyclic amines) is 2. The molecule has 5 heterocycles. The fourth-order valence-electron chi connectivity index (χ4n) is 8.07. The molecule has 0 radical (unpaired) electrons. The SMILES string of the molecule is COOCc1cc2c(s1)c(C1CCCCC1)c1n2CCOc2c-1cccc2N(CC(=O)N1CCCCC1)CC(=O)N1CCCCC1. The van der Waals surface area contributed by atoms with Crippen molar-refractivity contribution >= 4 is 39.1 Å². The molecule has 1 aliphatic carbocycles. The third-order valence-electron chi connectivity index (χ3n) is 10.4. The van der Waals surface area contributed by atoms with Gasteiger partial charge in [0.15, 0.2) is 5.75 Å². The first-order chi connectivity index (χ1) is 22.6. The Bertz CT molecular complexity index is 1500. The van der Waals surface area contributed by atoms with Crippen LogP contribution in [-0.2, 0) is 32.5 Å². The number of benzene rings is 1. The number of para-hydroxylation sites is 1. The van der Waals surface area contributed by atoms with Gasteiger partial charge in [0, 0.05) is 36.6 Å². The molecule has 7 rings (SSSR count). The lowest BCUT2D eigenvalue weighted by Gasteiger charge is -2.34. The van der Waals surface area contributed by atoms with Gasteiger partial charge in [-0.2, -0.15) is 0 Å². The maximum atomic E-state index is 13.7. The lowest BCUT2D eigenvalue weighted by Crippen LogP contribution is -2.47. The molecule has 0 bridgehead atoms. The molecule has 2 amide bonds. The van der Waals surface area contributed by atoms with Gasteiger partial charge in [-0.05, 0) is 81.0 Å². The minimum Gasteiger partial charge on any atom is -0.489 e. The van der Waals surface area contributed by atoms with Crippen LogP contribution in [0.15, 0.2) is 24.3 Å². The fourth-order valence-corrected chi connectivity index (χ4v) is 9.26. The average Bonchev–Trinajstić information content (AvgIpc) is 3.58. The van der Waals surface area contributed by atoms with E-state index in [1.165, 1.54) is 66.4 Å². The van der Waals surface area contributed by atoms with Crippen molar-refractivity contribution in [2.45, 2.75) is 89.7 Å². The van der Waals surface area contributed by atoms with Crippen molar-refractivity contribution in [3.63, 3.8) is 0 Å². The van der Waals surface area contributed by atoms with Crippen LogP contribution in [0.4, 0.5) is 5.69 Å². The van der Waals surface area contributed by atoms with E-state index in [2.05, 4.69) is 22.8 Å². The van der Waals surface area contributed by atoms with Crippen LogP contribution in [0.25, 0.3) is 21.5 Å². The predicted molar refractivity (Wildman–Crippen MR) is 181 cm³/mol. The Morgan fingerprint density at radius 3 is 2.20 bits per heavy atom. The van der Waals surface area contributed by atoms with E-state index in [0.29, 0.717) is 19.1 Å². The topological polar surface area (TPSA) is 76.5 Å². The molecule has 0 spiro atoms. The van der Waals surface area contributed by atoms with Gasteiger partial charge in [-0.3, -0.25) is 9.59 Å². The van der Waals surface area contributed by atoms with Crippen LogP contribution in [0.2, 0.25) is 0 Å². The summed E-state index contributed by atoms with van der Waals surface area (Å²) < 4.78 is 10.5. The molecular weight excluding hydrogens is 600 g/mol. The fraction of sp³-hybridized carbons (Fsp3) is 0.611. The summed E-state index contributed by atoms with van der Waals surface area (Å²) in [4.78, 5) is 44.8. The number of amides is 2. The van der Waals surface area contributed by atoms with E-state index in [1.54, 1.807) is 7.11 Å². The molecule has 10 heteroatoms. The minimum absolute atomic E-state index is 0.0926. The molecular formula is C36H48N4O5S. The zero-order valence-corrected chi connectivity index (χ0v) is 28.1. The molecule has 0 atom stereocenters. The van der Waals surface area contributed by atoms with Crippen LogP contribution in [0.1, 0.15) is 87.0 Å². The van der Waals surface area contributed by atoms with Crippen molar-refractivity contribution in [1.29, 1.82) is 0 Å². The molecule has 248 valence electrons. The van der Waals surface area contributed by atoms with Gasteiger partial charge in [0.1, 0.15) is 13.2 Å². The Morgan fingerprint density at radius 1 is 0.891 bits per heavy atom. The number of hydrogen-bond acceptors (Lipinski definition) is 7. The van der Waals surface area contributed by atoms with Crippen molar-refractivity contribution in [3.05, 3.63) is 34.7 Å². The number of ether oxygens (including phenoxy) is 1. The monoisotopic (exact) mass is 648 g/mol. The number of carbonyl (C=O) groups is 2. The second-order valence-corrected chi connectivity index (χ2v) is 14.5. The zero-order chi connectivity index (χ0) is 31.5. The Balaban J connectivity index is 1.30. The molecule has 9 nitrogen and oxygen atoms in total. The highest BCUT2D eigenvalue weighted by Crippen LogP contribution is 2.51. The third-order valence-corrected chi connectivity index (χ3v) is 11.5. The van der Waals surface area contributed by atoms with E-state index in [0.717, 1.165) is 80.3 Å². The first-order valence-corrected chi connectivity index (χ1v) is 18.3. The number of rotatable bonds is 9. The summed E-state index contributed by atoms with van der Waals surface area (Å²) in [5.41, 5.74) is 5.80. The Labute approximate surface area is 276 Å². The van der Waals surface area contributed by atoms with Crippen LogP contribution >= 0.6 is 11.3 Å². The molecule has 2 saturated heterocycles. The second kappa shape index (κ2) is 14.4. The molecule has 1 saturated carbocycles. The molecule has 3 aromatic rings. The number of aromatic nitrogens is 1. The van der Waals surface area contributed by atoms with Gasteiger partial charge >= 0.3 is 0 Å². The van der Waals surface area contributed by atoms with Crippen molar-refractivity contribution in [2.24, 2.45) is 0 Å². The van der Waals surface area contributed by atoms with Crippen LogP contribution in [-0.4, -0.2) is 79.2 Å². The smallest absolute Gasteiger partial charge is 0.242 e. The normalized spacial score (nSPS) is 19.0. The van der Waals surface area contributed by atoms with Gasteiger partial charge in [-0.25, -0.2) is 9.78 Å². The lowest BCUT2D eigenvalue weighted by molar-refractivity contribution is -0.281. The van der Waals surface area contributed by atoms with Crippen LogP contribution in [0.5, 0.6) is 5.75 Å². The van der Waals surface area contributed by atoms with Crippen LogP contribution in [0.3, 0.4) is 0 Å². The standard InChI is InChI=1S/C36H48N4O5S/c1-43-45-25-27-22-30-36(46-27)33(26-12-5-2-6-13-26)34-28-14-11-15-29(35(28)44-21-20-40(30)34)39(23-31(41)37-16-7-3-8-17-37)24-32(42)38-18-9-4-10-19-38/h11,14-15,22,26H,2-10,12-13,16-21,23-25H2,1H3. The molecule has 3 fully saturated rings. The van der Waals surface area contributed by atoms with E-state index in [-0.39, 0.29) is 24.9 Å². The highest BCUT2D eigenvalue weighted by molar-refractivity contribution is 7.19. The first kappa shape index (κ1) is 31.5. The Hall–Kier alpha value is -3.08. The summed E-state index contributed by atoms with van der Waals surface area (Å²) in [5, 5.41) is 0. The summed E-state index contributed by atoms with van der Waals surface area (Å²) in [5.74, 6) is 1.46. The second-order valence-electron chi connectivity index (χ2n) is 13.3. The van der Waals surface area contributed by atoms with Crippen molar-refractivity contribution in [3.8, 4) is 17.0 Å². The summed E-state index contributed by atoms with van der Waals surface area (Å²) in [6.45, 7) is 5.20. The predicted octanol–water partition coefficient (Wildman–Crippen LogP) is 6.72. The summed E-state index contributed by atoms with van der Waals surface area (Å²) >= 11 is 1.81. The number of anilines is 1. The molecule has 1 aromatic carbocycles. The zero-order valence-electron chi connectivity index (χ0n) is 27.3. The van der Waals surface area contributed by atoms with Gasteiger partial charge in [0.25, 0.3) is 0 Å². The maximum absolute atomic E-state index is 13.7. The van der Waals surface area contributed by atoms with Crippen LogP contribution < -0.4 is 9.64 Å². The number of piperidine rings is 2. The maximum Gasteiger partial charge on any atom is 0.242 e. The van der Waals surface area contributed by atoms with Crippen molar-refractivity contribution in [1.82, 2.24) is 14.4 Å². The Morgan fingerprint density at radius 2 is 1.54 bits per heavy atom. The van der Waals surface area contributed by atoms with Crippen molar-refractivity contribution in [2.75, 3.05) is 57.9 Å². The summed E-state index contributed by atoms with van der Waals surface area (Å²) in [6, 6.07) is 8.57. The highest BCUT2D eigenvalue weighted by atomic mass is 32.1. The van der Waals surface area contributed by atoms with Gasteiger partial charge in [-0.15, -0.1) is 11.3 Å². The molecule has 46 heavy (non-hydrogen) atoms. The Kier molecular flexibility index (Phi) is 9.84. The third kappa shape index (κ3) is 6.40. The molecule has 4 aliphatic rings. The van der Waals surface area contributed by atoms with Gasteiger partial charge < -0.3 is 24.0 Å². The summed E-state index contributed by atoms with van der Waals surface area (Å²) in [7, 11) is 1.55. The average molecular weight is 649 g/mol. The van der Waals surface area contributed by atoms with E-state index in [4.69, 9.17) is 14.5 Å². The van der Waals surface area contributed by atoms with Gasteiger partial charge in [0.05, 0.1) is 48.3 Å². The number of fused-ring (bicyclic) bond motifs is 5. The van der Waals surface area contributed by atoms with E-state index in [9.17, 15) is 9.59 Å². The highest BCUT2D eigenvalue weighted by Gasteiger charge is 2.33. The molecule has 0 unspecified atom stereocenters. The molecule has 3 aliphatic heterocycles. The molecule has 0 N–H and O–H groups in total. The van der Waals surface area contributed by atoms with E-state index < -0.39 is 0 Å². The number of hydrogen-bond donors (Lipinski definition) is 0. The van der Waals surface area contributed by atoms with E-state index >= 15 is 0 Å². The first-order valence-electron chi connectivity index (χ1n) is 17.5. The van der Waals surface area contributed by atoms with Crippen molar-refractivity contribution < 1.29 is 24.1 Å². The number of nitrogens with zero attached hydrogens (tertiary/aromatic N) is 4. The quantitative estimate of drug-likeness (QED) is 0.190. The van der Waals surface area contributed by atoms with E-state index in [1.807, 2.05) is 32.1 Å². The summed E-state index contributed by atoms with van der Waals surface area (Å²) in [6.07, 6.45) is 12.7. The van der Waals surface area contributed by atoms with Crippen LogP contribution in [0, 0.1) is 0 Å². The van der Waals surface area contributed by atoms with Gasteiger partial charge in [0.2, 0.25) is 11.8 Å². The number of thiophene rings is 1.